The summed E-state index contributed by atoms with van der Waals surface area (Å²) in [6.45, 7) is 6.77. The van der Waals surface area contributed by atoms with Gasteiger partial charge in [-0.1, -0.05) is 6.07 Å². The first-order valence-corrected chi connectivity index (χ1v) is 7.33. The predicted molar refractivity (Wildman–Crippen MR) is 88.1 cm³/mol. The molecule has 0 saturated carbocycles. The van der Waals surface area contributed by atoms with E-state index in [-0.39, 0.29) is 0 Å². The number of hydrogen-bond donors (Lipinski definition) is 0. The number of likely N-dealkylation sites (N-methyl/N-ethyl adjacent to an activating group) is 1. The second-order valence-electron chi connectivity index (χ2n) is 6.87. The average Bonchev–Trinajstić information content (AvgIpc) is 2.43. The van der Waals surface area contributed by atoms with E-state index < -0.39 is 23.1 Å². The molecule has 1 unspecified atom stereocenters. The van der Waals surface area contributed by atoms with Gasteiger partial charge < -0.3 is 14.4 Å². The van der Waals surface area contributed by atoms with Crippen molar-refractivity contribution in [2.45, 2.75) is 38.8 Å². The number of rotatable bonds is 4. The van der Waals surface area contributed by atoms with Crippen molar-refractivity contribution in [3.8, 4) is 0 Å². The van der Waals surface area contributed by atoms with Crippen LogP contribution in [0.4, 0.5) is 14.9 Å². The van der Waals surface area contributed by atoms with Gasteiger partial charge in [-0.05, 0) is 45.4 Å². The Morgan fingerprint density at radius 2 is 1.74 bits per heavy atom. The molecular formula is C17H25FN2O3. The van der Waals surface area contributed by atoms with E-state index in [1.54, 1.807) is 58.8 Å². The second-order valence-corrected chi connectivity index (χ2v) is 6.87. The summed E-state index contributed by atoms with van der Waals surface area (Å²) in [5.74, 6) is -0.460. The molecule has 0 aliphatic rings. The molecule has 0 radical (unpaired) electrons. The van der Waals surface area contributed by atoms with E-state index in [9.17, 15) is 14.0 Å². The fourth-order valence-corrected chi connectivity index (χ4v) is 2.05. The summed E-state index contributed by atoms with van der Waals surface area (Å²) < 4.78 is 19.5. The SMILES string of the molecule is CN(C)c1ccc(C(C)(C=O)N(C)C(=O)OC(C)(C)C)cc1F. The number of ether oxygens (including phenoxy) is 1. The summed E-state index contributed by atoms with van der Waals surface area (Å²) in [5, 5.41) is 0. The maximum atomic E-state index is 14.2. The summed E-state index contributed by atoms with van der Waals surface area (Å²) in [5.41, 5.74) is -1.23. The topological polar surface area (TPSA) is 49.9 Å². The number of benzene rings is 1. The third kappa shape index (κ3) is 4.21. The number of nitrogens with zero attached hydrogens (tertiary/aromatic N) is 2. The Labute approximate surface area is 137 Å². The Morgan fingerprint density at radius 1 is 1.17 bits per heavy atom. The molecule has 0 aromatic heterocycles. The fraction of sp³-hybridized carbons (Fsp3) is 0.529. The van der Waals surface area contributed by atoms with E-state index in [0.29, 0.717) is 17.5 Å². The largest absolute Gasteiger partial charge is 0.444 e. The van der Waals surface area contributed by atoms with Crippen molar-refractivity contribution in [2.24, 2.45) is 0 Å². The zero-order valence-electron chi connectivity index (χ0n) is 14.8. The molecule has 0 fully saturated rings. The van der Waals surface area contributed by atoms with Gasteiger partial charge in [-0.25, -0.2) is 9.18 Å². The zero-order chi connectivity index (χ0) is 18.0. The van der Waals surface area contributed by atoms with Crippen LogP contribution in [0.3, 0.4) is 0 Å². The number of hydrogen-bond acceptors (Lipinski definition) is 4. The molecule has 1 aromatic rings. The van der Waals surface area contributed by atoms with Gasteiger partial charge in [0.05, 0.1) is 5.69 Å². The number of amides is 1. The lowest BCUT2D eigenvalue weighted by atomic mass is 9.92. The maximum absolute atomic E-state index is 14.2. The molecule has 0 heterocycles. The summed E-state index contributed by atoms with van der Waals surface area (Å²) in [6.07, 6.45) is -0.0368. The highest BCUT2D eigenvalue weighted by Crippen LogP contribution is 2.30. The van der Waals surface area contributed by atoms with Crippen LogP contribution in [-0.4, -0.2) is 44.0 Å². The number of anilines is 1. The number of aldehydes is 1. The molecule has 1 amide bonds. The highest BCUT2D eigenvalue weighted by molar-refractivity contribution is 5.78. The first kappa shape index (κ1) is 18.9. The summed E-state index contributed by atoms with van der Waals surface area (Å²) in [7, 11) is 4.91. The first-order chi connectivity index (χ1) is 10.4. The molecule has 128 valence electrons. The highest BCUT2D eigenvalue weighted by Gasteiger charge is 2.37. The third-order valence-electron chi connectivity index (χ3n) is 3.61. The summed E-state index contributed by atoms with van der Waals surface area (Å²) in [4.78, 5) is 26.7. The van der Waals surface area contributed by atoms with Crippen molar-refractivity contribution in [1.29, 1.82) is 0 Å². The van der Waals surface area contributed by atoms with Gasteiger partial charge in [0.15, 0.2) is 0 Å². The van der Waals surface area contributed by atoms with E-state index in [2.05, 4.69) is 0 Å². The van der Waals surface area contributed by atoms with Gasteiger partial charge in [-0.2, -0.15) is 0 Å². The molecule has 0 aliphatic heterocycles. The molecule has 5 nitrogen and oxygen atoms in total. The fourth-order valence-electron chi connectivity index (χ4n) is 2.05. The Bertz CT molecular complexity index is 596. The van der Waals surface area contributed by atoms with Crippen molar-refractivity contribution in [3.63, 3.8) is 0 Å². The van der Waals surface area contributed by atoms with Crippen molar-refractivity contribution < 1.29 is 18.7 Å². The van der Waals surface area contributed by atoms with Crippen molar-refractivity contribution in [3.05, 3.63) is 29.6 Å². The van der Waals surface area contributed by atoms with Crippen LogP contribution < -0.4 is 4.90 Å². The molecule has 0 N–H and O–H groups in total. The standard InChI is InChI=1S/C17H25FN2O3/c1-16(2,3)23-15(22)20(7)17(4,11-21)12-8-9-14(19(5)6)13(18)10-12/h8-11H,1-7H3. The molecular weight excluding hydrogens is 299 g/mol. The van der Waals surface area contributed by atoms with Crippen LogP contribution >= 0.6 is 0 Å². The van der Waals surface area contributed by atoms with Gasteiger partial charge in [0, 0.05) is 21.1 Å². The van der Waals surface area contributed by atoms with Crippen LogP contribution in [0.5, 0.6) is 0 Å². The third-order valence-corrected chi connectivity index (χ3v) is 3.61. The molecule has 1 rings (SSSR count). The molecule has 0 saturated heterocycles. The molecule has 1 atom stereocenters. The van der Waals surface area contributed by atoms with Crippen LogP contribution in [0.15, 0.2) is 18.2 Å². The van der Waals surface area contributed by atoms with Crippen LogP contribution in [0.2, 0.25) is 0 Å². The smallest absolute Gasteiger partial charge is 0.411 e. The summed E-state index contributed by atoms with van der Waals surface area (Å²) >= 11 is 0. The van der Waals surface area contributed by atoms with E-state index in [1.807, 2.05) is 0 Å². The minimum atomic E-state index is -1.33. The lowest BCUT2D eigenvalue weighted by molar-refractivity contribution is -0.117. The Balaban J connectivity index is 3.21. The van der Waals surface area contributed by atoms with Crippen LogP contribution in [0, 0.1) is 5.82 Å². The monoisotopic (exact) mass is 324 g/mol. The van der Waals surface area contributed by atoms with Gasteiger partial charge in [-0.15, -0.1) is 0 Å². The molecule has 1 aromatic carbocycles. The van der Waals surface area contributed by atoms with Crippen molar-refractivity contribution >= 4 is 18.1 Å². The Morgan fingerprint density at radius 3 is 2.13 bits per heavy atom. The Hall–Kier alpha value is -2.11. The lowest BCUT2D eigenvalue weighted by Gasteiger charge is -2.36. The van der Waals surface area contributed by atoms with Gasteiger partial charge in [0.2, 0.25) is 0 Å². The highest BCUT2D eigenvalue weighted by atomic mass is 19.1. The molecule has 0 spiro atoms. The second kappa shape index (κ2) is 6.56. The van der Waals surface area contributed by atoms with Crippen LogP contribution in [0.25, 0.3) is 0 Å². The van der Waals surface area contributed by atoms with Crippen LogP contribution in [0.1, 0.15) is 33.3 Å². The normalized spacial score (nSPS) is 13.9. The van der Waals surface area contributed by atoms with Gasteiger partial charge in [0.25, 0.3) is 0 Å². The molecule has 0 aliphatic carbocycles. The predicted octanol–water partition coefficient (Wildman–Crippen LogP) is 3.17. The number of halogens is 1. The van der Waals surface area contributed by atoms with Crippen molar-refractivity contribution in [1.82, 2.24) is 4.90 Å². The van der Waals surface area contributed by atoms with E-state index in [0.717, 1.165) is 0 Å². The van der Waals surface area contributed by atoms with Gasteiger partial charge in [-0.3, -0.25) is 4.90 Å². The average molecular weight is 324 g/mol. The molecule has 6 heteroatoms. The minimum Gasteiger partial charge on any atom is -0.444 e. The van der Waals surface area contributed by atoms with Gasteiger partial charge in [0.1, 0.15) is 23.2 Å². The summed E-state index contributed by atoms with van der Waals surface area (Å²) in [6, 6.07) is 4.48. The molecule has 23 heavy (non-hydrogen) atoms. The lowest BCUT2D eigenvalue weighted by Crippen LogP contribution is -2.48. The van der Waals surface area contributed by atoms with E-state index >= 15 is 0 Å². The number of carbonyl (C=O) groups excluding carboxylic acids is 2. The van der Waals surface area contributed by atoms with Crippen molar-refractivity contribution in [2.75, 3.05) is 26.0 Å². The van der Waals surface area contributed by atoms with Crippen LogP contribution in [-0.2, 0) is 15.1 Å². The van der Waals surface area contributed by atoms with E-state index in [4.69, 9.17) is 4.74 Å². The van der Waals surface area contributed by atoms with Gasteiger partial charge >= 0.3 is 6.09 Å². The zero-order valence-corrected chi connectivity index (χ0v) is 14.8. The maximum Gasteiger partial charge on any atom is 0.411 e. The minimum absolute atomic E-state index is 0.379. The quantitative estimate of drug-likeness (QED) is 0.798. The van der Waals surface area contributed by atoms with E-state index in [1.165, 1.54) is 18.0 Å². The molecule has 0 bridgehead atoms. The number of carbonyl (C=O) groups is 2. The Kier molecular flexibility index (Phi) is 5.40. The first-order valence-electron chi connectivity index (χ1n) is 7.33.